The Kier molecular flexibility index (Phi) is 4.98. The van der Waals surface area contributed by atoms with Crippen LogP contribution in [0.15, 0.2) is 40.9 Å². The summed E-state index contributed by atoms with van der Waals surface area (Å²) in [6, 6.07) is 10.4. The van der Waals surface area contributed by atoms with Gasteiger partial charge in [-0.1, -0.05) is 45.8 Å². The fourth-order valence-corrected chi connectivity index (χ4v) is 2.59. The molecule has 0 radical (unpaired) electrons. The summed E-state index contributed by atoms with van der Waals surface area (Å²) < 4.78 is 0.871. The van der Waals surface area contributed by atoms with Gasteiger partial charge >= 0.3 is 0 Å². The number of rotatable bonds is 3. The second-order valence-corrected chi connectivity index (χ2v) is 6.15. The molecule has 108 valence electrons. The van der Waals surface area contributed by atoms with E-state index in [1.54, 1.807) is 30.3 Å². The maximum atomic E-state index is 12.4. The first kappa shape index (κ1) is 15.9. The molecule has 0 saturated heterocycles. The van der Waals surface area contributed by atoms with Gasteiger partial charge in [-0.05, 0) is 42.8 Å². The van der Waals surface area contributed by atoms with Gasteiger partial charge in [0.2, 0.25) is 0 Å². The zero-order valence-corrected chi connectivity index (χ0v) is 14.3. The third-order valence-corrected chi connectivity index (χ3v) is 4.32. The Hall–Kier alpha value is -1.43. The number of hydrogen-bond donors (Lipinski definition) is 2. The van der Waals surface area contributed by atoms with E-state index in [9.17, 15) is 4.79 Å². The number of benzene rings is 2. The summed E-state index contributed by atoms with van der Waals surface area (Å²) in [7, 11) is 0. The molecule has 6 heteroatoms. The predicted octanol–water partition coefficient (Wildman–Crippen LogP) is 4.30. The number of hydrogen-bond acceptors (Lipinski definition) is 2. The van der Waals surface area contributed by atoms with E-state index in [2.05, 4.69) is 21.2 Å². The SMILES string of the molecule is Cc1c(Br)cccc1C(=O)Nc1cc(Cl)ccc1C(N)=S. The maximum Gasteiger partial charge on any atom is 0.255 e. The number of carbonyl (C=O) groups excluding carboxylic acids is 1. The lowest BCUT2D eigenvalue weighted by Gasteiger charge is -2.12. The molecule has 0 atom stereocenters. The predicted molar refractivity (Wildman–Crippen MR) is 94.2 cm³/mol. The molecule has 2 rings (SSSR count). The topological polar surface area (TPSA) is 55.1 Å². The van der Waals surface area contributed by atoms with Gasteiger partial charge in [0.25, 0.3) is 5.91 Å². The summed E-state index contributed by atoms with van der Waals surface area (Å²) in [6.45, 7) is 1.87. The molecule has 0 aromatic heterocycles. The van der Waals surface area contributed by atoms with Crippen molar-refractivity contribution in [2.75, 3.05) is 5.32 Å². The molecule has 3 N–H and O–H groups in total. The number of thiocarbonyl (C=S) groups is 1. The molecular formula is C15H12BrClN2OS. The van der Waals surface area contributed by atoms with Crippen molar-refractivity contribution in [3.05, 3.63) is 62.6 Å². The average molecular weight is 384 g/mol. The van der Waals surface area contributed by atoms with Gasteiger partial charge in [0.05, 0.1) is 5.69 Å². The van der Waals surface area contributed by atoms with Gasteiger partial charge in [-0.25, -0.2) is 0 Å². The van der Waals surface area contributed by atoms with Crippen molar-refractivity contribution < 1.29 is 4.79 Å². The number of carbonyl (C=O) groups is 1. The Balaban J connectivity index is 2.38. The largest absolute Gasteiger partial charge is 0.389 e. The summed E-state index contributed by atoms with van der Waals surface area (Å²) >= 11 is 14.4. The van der Waals surface area contributed by atoms with Crippen molar-refractivity contribution in [3.8, 4) is 0 Å². The van der Waals surface area contributed by atoms with Crippen molar-refractivity contribution in [1.29, 1.82) is 0 Å². The highest BCUT2D eigenvalue weighted by Crippen LogP contribution is 2.24. The van der Waals surface area contributed by atoms with Crippen LogP contribution < -0.4 is 11.1 Å². The van der Waals surface area contributed by atoms with E-state index in [1.807, 2.05) is 13.0 Å². The van der Waals surface area contributed by atoms with Crippen molar-refractivity contribution in [2.45, 2.75) is 6.92 Å². The molecule has 0 heterocycles. The Morgan fingerprint density at radius 3 is 2.67 bits per heavy atom. The van der Waals surface area contributed by atoms with Crippen molar-refractivity contribution in [3.63, 3.8) is 0 Å². The molecule has 0 bridgehead atoms. The van der Waals surface area contributed by atoms with E-state index < -0.39 is 0 Å². The van der Waals surface area contributed by atoms with E-state index >= 15 is 0 Å². The lowest BCUT2D eigenvalue weighted by Crippen LogP contribution is -2.18. The average Bonchev–Trinajstić information content (AvgIpc) is 2.41. The van der Waals surface area contributed by atoms with Gasteiger partial charge < -0.3 is 11.1 Å². The van der Waals surface area contributed by atoms with E-state index in [-0.39, 0.29) is 10.9 Å². The molecule has 0 saturated carbocycles. The van der Waals surface area contributed by atoms with Crippen LogP contribution in [0, 0.1) is 6.92 Å². The summed E-state index contributed by atoms with van der Waals surface area (Å²) in [5, 5.41) is 3.30. The Bertz CT molecular complexity index is 734. The molecule has 0 aliphatic carbocycles. The van der Waals surface area contributed by atoms with Crippen molar-refractivity contribution >= 4 is 56.3 Å². The Morgan fingerprint density at radius 1 is 1.29 bits per heavy atom. The van der Waals surface area contributed by atoms with Crippen LogP contribution in [0.4, 0.5) is 5.69 Å². The minimum atomic E-state index is -0.242. The number of anilines is 1. The lowest BCUT2D eigenvalue weighted by atomic mass is 10.1. The van der Waals surface area contributed by atoms with Crippen molar-refractivity contribution in [2.24, 2.45) is 5.73 Å². The molecule has 2 aromatic carbocycles. The monoisotopic (exact) mass is 382 g/mol. The van der Waals surface area contributed by atoms with Crippen molar-refractivity contribution in [1.82, 2.24) is 0 Å². The van der Waals surface area contributed by atoms with Gasteiger partial charge in [0.1, 0.15) is 4.99 Å². The first-order chi connectivity index (χ1) is 9.90. The van der Waals surface area contributed by atoms with Crippen LogP contribution in [-0.2, 0) is 0 Å². The molecule has 0 aliphatic rings. The fraction of sp³-hybridized carbons (Fsp3) is 0.0667. The lowest BCUT2D eigenvalue weighted by molar-refractivity contribution is 0.102. The number of nitrogens with one attached hydrogen (secondary N) is 1. The number of amides is 1. The van der Waals surface area contributed by atoms with Gasteiger partial charge in [-0.2, -0.15) is 0 Å². The van der Waals surface area contributed by atoms with E-state index in [0.29, 0.717) is 21.8 Å². The standard InChI is InChI=1S/C15H12BrClN2OS/c1-8-10(3-2-4-12(8)16)15(20)19-13-7-9(17)5-6-11(13)14(18)21/h2-7H,1H3,(H2,18,21)(H,19,20). The molecular weight excluding hydrogens is 372 g/mol. The zero-order valence-electron chi connectivity index (χ0n) is 11.1. The van der Waals surface area contributed by atoms with E-state index in [4.69, 9.17) is 29.6 Å². The van der Waals surface area contributed by atoms with Crippen LogP contribution in [0.2, 0.25) is 5.02 Å². The second-order valence-electron chi connectivity index (χ2n) is 4.42. The molecule has 2 aromatic rings. The zero-order chi connectivity index (χ0) is 15.6. The molecule has 21 heavy (non-hydrogen) atoms. The Labute approximate surface area is 141 Å². The minimum Gasteiger partial charge on any atom is -0.389 e. The van der Waals surface area contributed by atoms with Gasteiger partial charge in [-0.3, -0.25) is 4.79 Å². The van der Waals surface area contributed by atoms with Gasteiger partial charge in [0, 0.05) is 20.6 Å². The van der Waals surface area contributed by atoms with Crippen LogP contribution >= 0.6 is 39.7 Å². The highest BCUT2D eigenvalue weighted by atomic mass is 79.9. The van der Waals surface area contributed by atoms with Crippen LogP contribution in [0.1, 0.15) is 21.5 Å². The third kappa shape index (κ3) is 3.61. The molecule has 0 unspecified atom stereocenters. The molecule has 0 aliphatic heterocycles. The number of nitrogens with two attached hydrogens (primary N) is 1. The Morgan fingerprint density at radius 2 is 2.00 bits per heavy atom. The van der Waals surface area contributed by atoms with Crippen LogP contribution in [0.5, 0.6) is 0 Å². The van der Waals surface area contributed by atoms with Gasteiger partial charge in [-0.15, -0.1) is 0 Å². The summed E-state index contributed by atoms with van der Waals surface area (Å²) in [5.74, 6) is -0.242. The quantitative estimate of drug-likeness (QED) is 0.777. The summed E-state index contributed by atoms with van der Waals surface area (Å²) in [6.07, 6.45) is 0. The highest BCUT2D eigenvalue weighted by Gasteiger charge is 2.14. The maximum absolute atomic E-state index is 12.4. The highest BCUT2D eigenvalue weighted by molar-refractivity contribution is 9.10. The third-order valence-electron chi connectivity index (χ3n) is 3.01. The van der Waals surface area contributed by atoms with Crippen LogP contribution in [0.25, 0.3) is 0 Å². The summed E-state index contributed by atoms with van der Waals surface area (Å²) in [5.41, 5.74) is 8.16. The van der Waals surface area contributed by atoms with Gasteiger partial charge in [0.15, 0.2) is 0 Å². The molecule has 3 nitrogen and oxygen atoms in total. The smallest absolute Gasteiger partial charge is 0.255 e. The number of halogens is 2. The molecule has 0 fully saturated rings. The van der Waals surface area contributed by atoms with Crippen LogP contribution in [0.3, 0.4) is 0 Å². The minimum absolute atomic E-state index is 0.202. The normalized spacial score (nSPS) is 10.2. The second kappa shape index (κ2) is 6.56. The molecule has 0 spiro atoms. The van der Waals surface area contributed by atoms with Crippen LogP contribution in [-0.4, -0.2) is 10.9 Å². The first-order valence-electron chi connectivity index (χ1n) is 6.06. The fourth-order valence-electron chi connectivity index (χ4n) is 1.88. The summed E-state index contributed by atoms with van der Waals surface area (Å²) in [4.78, 5) is 12.6. The first-order valence-corrected chi connectivity index (χ1v) is 7.64. The molecule has 1 amide bonds. The van der Waals surface area contributed by atoms with E-state index in [1.165, 1.54) is 0 Å². The van der Waals surface area contributed by atoms with E-state index in [0.717, 1.165) is 10.0 Å².